The van der Waals surface area contributed by atoms with E-state index in [1.165, 1.54) is 37.7 Å². The van der Waals surface area contributed by atoms with Crippen molar-refractivity contribution in [3.05, 3.63) is 35.9 Å². The fourth-order valence-electron chi connectivity index (χ4n) is 2.81. The van der Waals surface area contributed by atoms with Crippen molar-refractivity contribution in [3.63, 3.8) is 0 Å². The van der Waals surface area contributed by atoms with Crippen LogP contribution in [0.1, 0.15) is 50.5 Å². The number of benzene rings is 1. The predicted molar refractivity (Wildman–Crippen MR) is 77.4 cm³/mol. The van der Waals surface area contributed by atoms with Crippen molar-refractivity contribution in [2.75, 3.05) is 6.54 Å². The Labute approximate surface area is 111 Å². The molecule has 1 heterocycles. The molecule has 100 valence electrons. The van der Waals surface area contributed by atoms with Crippen molar-refractivity contribution in [1.29, 1.82) is 0 Å². The minimum absolute atomic E-state index is 0.116. The average molecular weight is 246 g/mol. The van der Waals surface area contributed by atoms with Crippen molar-refractivity contribution in [3.8, 4) is 0 Å². The maximum absolute atomic E-state index is 6.48. The summed E-state index contributed by atoms with van der Waals surface area (Å²) in [6, 6.07) is 10.7. The minimum atomic E-state index is -0.116. The third kappa shape index (κ3) is 4.43. The van der Waals surface area contributed by atoms with Gasteiger partial charge in [-0.25, -0.2) is 0 Å². The number of hydrogen-bond donors (Lipinski definition) is 2. The Morgan fingerprint density at radius 3 is 2.67 bits per heavy atom. The number of aryl methyl sites for hydroxylation is 1. The van der Waals surface area contributed by atoms with Gasteiger partial charge in [0.15, 0.2) is 0 Å². The van der Waals surface area contributed by atoms with Gasteiger partial charge in [0.05, 0.1) is 5.66 Å². The maximum Gasteiger partial charge on any atom is 0.0662 e. The second kappa shape index (κ2) is 6.91. The highest BCUT2D eigenvalue weighted by Crippen LogP contribution is 2.20. The van der Waals surface area contributed by atoms with Gasteiger partial charge in [-0.1, -0.05) is 49.6 Å². The van der Waals surface area contributed by atoms with E-state index in [2.05, 4.69) is 35.6 Å². The second-order valence-electron chi connectivity index (χ2n) is 5.59. The van der Waals surface area contributed by atoms with Crippen molar-refractivity contribution < 1.29 is 0 Å². The first-order chi connectivity index (χ1) is 8.79. The summed E-state index contributed by atoms with van der Waals surface area (Å²) >= 11 is 0. The number of rotatable bonds is 4. The summed E-state index contributed by atoms with van der Waals surface area (Å²) in [6.45, 7) is 1.09. The van der Waals surface area contributed by atoms with Gasteiger partial charge in [0.25, 0.3) is 0 Å². The van der Waals surface area contributed by atoms with Crippen LogP contribution >= 0.6 is 0 Å². The molecule has 1 unspecified atom stereocenters. The SMILES string of the molecule is NC1(CCCc2ccccc2)CCCCCCN1. The highest BCUT2D eigenvalue weighted by Gasteiger charge is 2.23. The molecule has 0 aliphatic carbocycles. The Morgan fingerprint density at radius 2 is 1.83 bits per heavy atom. The van der Waals surface area contributed by atoms with Crippen LogP contribution < -0.4 is 11.1 Å². The summed E-state index contributed by atoms with van der Waals surface area (Å²) in [5, 5.41) is 3.56. The molecule has 0 bridgehead atoms. The topological polar surface area (TPSA) is 38.0 Å². The first kappa shape index (κ1) is 13.6. The minimum Gasteiger partial charge on any atom is -0.313 e. The molecular formula is C16H26N2. The summed E-state index contributed by atoms with van der Waals surface area (Å²) in [4.78, 5) is 0. The lowest BCUT2D eigenvalue weighted by atomic mass is 9.93. The third-order valence-electron chi connectivity index (χ3n) is 3.96. The molecular weight excluding hydrogens is 220 g/mol. The van der Waals surface area contributed by atoms with E-state index in [0.717, 1.165) is 25.8 Å². The van der Waals surface area contributed by atoms with E-state index in [1.807, 2.05) is 0 Å². The van der Waals surface area contributed by atoms with Crippen LogP contribution in [0.2, 0.25) is 0 Å². The summed E-state index contributed by atoms with van der Waals surface area (Å²) in [5.41, 5.74) is 7.79. The Morgan fingerprint density at radius 1 is 1.06 bits per heavy atom. The van der Waals surface area contributed by atoms with Gasteiger partial charge in [-0.2, -0.15) is 0 Å². The van der Waals surface area contributed by atoms with Gasteiger partial charge >= 0.3 is 0 Å². The predicted octanol–water partition coefficient (Wildman–Crippen LogP) is 3.22. The van der Waals surface area contributed by atoms with Crippen LogP contribution in [0.15, 0.2) is 30.3 Å². The van der Waals surface area contributed by atoms with Crippen LogP contribution in [0.25, 0.3) is 0 Å². The molecule has 0 saturated carbocycles. The van der Waals surface area contributed by atoms with Crippen molar-refractivity contribution in [2.45, 2.75) is 57.0 Å². The van der Waals surface area contributed by atoms with E-state index in [-0.39, 0.29) is 5.66 Å². The van der Waals surface area contributed by atoms with Crippen molar-refractivity contribution in [2.24, 2.45) is 5.73 Å². The number of nitrogens with two attached hydrogens (primary N) is 1. The van der Waals surface area contributed by atoms with Crippen LogP contribution in [-0.4, -0.2) is 12.2 Å². The monoisotopic (exact) mass is 246 g/mol. The zero-order valence-corrected chi connectivity index (χ0v) is 11.3. The van der Waals surface area contributed by atoms with Gasteiger partial charge in [-0.3, -0.25) is 5.32 Å². The van der Waals surface area contributed by atoms with E-state index in [4.69, 9.17) is 5.73 Å². The largest absolute Gasteiger partial charge is 0.313 e. The molecule has 0 amide bonds. The highest BCUT2D eigenvalue weighted by atomic mass is 15.1. The molecule has 1 aromatic carbocycles. The Kier molecular flexibility index (Phi) is 5.21. The molecule has 0 aromatic heterocycles. The molecule has 1 aliphatic heterocycles. The van der Waals surface area contributed by atoms with E-state index in [9.17, 15) is 0 Å². The van der Waals surface area contributed by atoms with Gasteiger partial charge in [-0.05, 0) is 44.2 Å². The first-order valence-electron chi connectivity index (χ1n) is 7.36. The molecule has 3 N–H and O–H groups in total. The lowest BCUT2D eigenvalue weighted by Crippen LogP contribution is -2.54. The molecule has 1 aliphatic rings. The van der Waals surface area contributed by atoms with E-state index in [1.54, 1.807) is 0 Å². The molecule has 18 heavy (non-hydrogen) atoms. The average Bonchev–Trinajstić information content (AvgIpc) is 2.36. The fraction of sp³-hybridized carbons (Fsp3) is 0.625. The molecule has 2 heteroatoms. The summed E-state index contributed by atoms with van der Waals surface area (Å²) in [7, 11) is 0. The maximum atomic E-state index is 6.48. The van der Waals surface area contributed by atoms with Gasteiger partial charge in [-0.15, -0.1) is 0 Å². The van der Waals surface area contributed by atoms with E-state index in [0.29, 0.717) is 0 Å². The zero-order chi connectivity index (χ0) is 12.7. The van der Waals surface area contributed by atoms with E-state index < -0.39 is 0 Å². The van der Waals surface area contributed by atoms with Gasteiger partial charge in [0.2, 0.25) is 0 Å². The quantitative estimate of drug-likeness (QED) is 0.856. The van der Waals surface area contributed by atoms with Crippen molar-refractivity contribution >= 4 is 0 Å². The highest BCUT2D eigenvalue weighted by molar-refractivity contribution is 5.14. The summed E-state index contributed by atoms with van der Waals surface area (Å²) in [5.74, 6) is 0. The van der Waals surface area contributed by atoms with Crippen LogP contribution in [0.3, 0.4) is 0 Å². The first-order valence-corrected chi connectivity index (χ1v) is 7.36. The van der Waals surface area contributed by atoms with Gasteiger partial charge in [0, 0.05) is 0 Å². The summed E-state index contributed by atoms with van der Waals surface area (Å²) < 4.78 is 0. The zero-order valence-electron chi connectivity index (χ0n) is 11.3. The standard InChI is InChI=1S/C16H26N2/c17-16(12-6-1-2-7-14-18-16)13-8-11-15-9-4-3-5-10-15/h3-5,9-10,18H,1-2,6-8,11-14,17H2. The van der Waals surface area contributed by atoms with Crippen LogP contribution in [-0.2, 0) is 6.42 Å². The Bertz CT molecular complexity index is 326. The van der Waals surface area contributed by atoms with Gasteiger partial charge < -0.3 is 5.73 Å². The fourth-order valence-corrected chi connectivity index (χ4v) is 2.81. The van der Waals surface area contributed by atoms with E-state index >= 15 is 0 Å². The second-order valence-corrected chi connectivity index (χ2v) is 5.59. The Balaban J connectivity index is 1.77. The smallest absolute Gasteiger partial charge is 0.0662 e. The molecule has 2 nitrogen and oxygen atoms in total. The molecule has 1 atom stereocenters. The third-order valence-corrected chi connectivity index (χ3v) is 3.96. The number of hydrogen-bond acceptors (Lipinski definition) is 2. The van der Waals surface area contributed by atoms with Gasteiger partial charge in [0.1, 0.15) is 0 Å². The lowest BCUT2D eigenvalue weighted by molar-refractivity contribution is 0.258. The molecule has 1 fully saturated rings. The lowest BCUT2D eigenvalue weighted by Gasteiger charge is -2.33. The normalized spacial score (nSPS) is 25.4. The molecule has 1 saturated heterocycles. The van der Waals surface area contributed by atoms with Crippen LogP contribution in [0.5, 0.6) is 0 Å². The van der Waals surface area contributed by atoms with Crippen LogP contribution in [0.4, 0.5) is 0 Å². The number of nitrogens with one attached hydrogen (secondary N) is 1. The molecule has 0 spiro atoms. The summed E-state index contributed by atoms with van der Waals surface area (Å²) in [6.07, 6.45) is 9.78. The Hall–Kier alpha value is -0.860. The van der Waals surface area contributed by atoms with Crippen molar-refractivity contribution in [1.82, 2.24) is 5.32 Å². The molecule has 1 aromatic rings. The molecule has 2 rings (SSSR count). The van der Waals surface area contributed by atoms with Crippen LogP contribution in [0, 0.1) is 0 Å². The molecule has 0 radical (unpaired) electrons.